The Labute approximate surface area is 111 Å². The molecule has 0 spiro atoms. The summed E-state index contributed by atoms with van der Waals surface area (Å²) in [5.41, 5.74) is -0.758. The van der Waals surface area contributed by atoms with E-state index in [0.29, 0.717) is 5.56 Å². The predicted octanol–water partition coefficient (Wildman–Crippen LogP) is 2.52. The molecular weight excluding hydrogens is 250 g/mol. The van der Waals surface area contributed by atoms with Gasteiger partial charge < -0.3 is 4.90 Å². The minimum absolute atomic E-state index is 0.270. The van der Waals surface area contributed by atoms with Crippen molar-refractivity contribution < 1.29 is 13.6 Å². The Balaban J connectivity index is 2.67. The molecule has 0 saturated heterocycles. The van der Waals surface area contributed by atoms with Gasteiger partial charge in [0.2, 0.25) is 5.91 Å². The number of nitriles is 1. The van der Waals surface area contributed by atoms with Gasteiger partial charge in [0, 0.05) is 19.7 Å². The van der Waals surface area contributed by atoms with Crippen molar-refractivity contribution in [2.75, 3.05) is 13.6 Å². The van der Waals surface area contributed by atoms with E-state index in [2.05, 4.69) is 0 Å². The second kappa shape index (κ2) is 5.79. The van der Waals surface area contributed by atoms with Crippen molar-refractivity contribution in [1.82, 2.24) is 4.90 Å². The lowest BCUT2D eigenvalue weighted by Crippen LogP contribution is -2.38. The van der Waals surface area contributed by atoms with Crippen LogP contribution < -0.4 is 0 Å². The van der Waals surface area contributed by atoms with Crippen molar-refractivity contribution in [3.05, 3.63) is 35.4 Å². The Hall–Kier alpha value is -1.96. The van der Waals surface area contributed by atoms with Crippen LogP contribution in [0.3, 0.4) is 0 Å². The monoisotopic (exact) mass is 266 g/mol. The maximum atomic E-state index is 13.4. The predicted molar refractivity (Wildman–Crippen MR) is 67.1 cm³/mol. The first-order valence-corrected chi connectivity index (χ1v) is 5.88. The molecule has 1 aromatic rings. The van der Waals surface area contributed by atoms with Gasteiger partial charge in [0.05, 0.1) is 6.07 Å². The fourth-order valence-electron chi connectivity index (χ4n) is 1.64. The highest BCUT2D eigenvalue weighted by Crippen LogP contribution is 2.17. The number of rotatable bonds is 4. The van der Waals surface area contributed by atoms with Crippen LogP contribution in [0.15, 0.2) is 18.2 Å². The summed E-state index contributed by atoms with van der Waals surface area (Å²) in [7, 11) is 1.56. The molecule has 5 heteroatoms. The van der Waals surface area contributed by atoms with E-state index in [9.17, 15) is 13.6 Å². The summed E-state index contributed by atoms with van der Waals surface area (Å²) in [5.74, 6) is -1.57. The highest BCUT2D eigenvalue weighted by molar-refractivity contribution is 5.84. The van der Waals surface area contributed by atoms with Crippen LogP contribution in [0.1, 0.15) is 19.4 Å². The molecular formula is C14H16F2N2O. The average Bonchev–Trinajstić information content (AvgIpc) is 2.36. The van der Waals surface area contributed by atoms with Gasteiger partial charge in [0.15, 0.2) is 0 Å². The van der Waals surface area contributed by atoms with Gasteiger partial charge in [-0.3, -0.25) is 4.79 Å². The topological polar surface area (TPSA) is 44.1 Å². The van der Waals surface area contributed by atoms with Crippen molar-refractivity contribution in [2.45, 2.75) is 20.3 Å². The smallest absolute Gasteiger partial charge is 0.242 e. The second-order valence-corrected chi connectivity index (χ2v) is 4.95. The van der Waals surface area contributed by atoms with Gasteiger partial charge >= 0.3 is 0 Å². The van der Waals surface area contributed by atoms with E-state index < -0.39 is 17.0 Å². The number of hydrogen-bond donors (Lipinski definition) is 0. The molecule has 0 unspecified atom stereocenters. The van der Waals surface area contributed by atoms with Gasteiger partial charge in [0.25, 0.3) is 0 Å². The molecule has 0 radical (unpaired) electrons. The van der Waals surface area contributed by atoms with E-state index in [0.717, 1.165) is 6.07 Å². The summed E-state index contributed by atoms with van der Waals surface area (Å²) in [5, 5.41) is 8.87. The lowest BCUT2D eigenvalue weighted by atomic mass is 9.94. The second-order valence-electron chi connectivity index (χ2n) is 4.95. The fraction of sp³-hybridized carbons (Fsp3) is 0.429. The lowest BCUT2D eigenvalue weighted by Gasteiger charge is -2.24. The molecule has 102 valence electrons. The number of carbonyl (C=O) groups excluding carboxylic acids is 1. The van der Waals surface area contributed by atoms with Gasteiger partial charge in [-0.2, -0.15) is 5.26 Å². The van der Waals surface area contributed by atoms with E-state index in [1.165, 1.54) is 30.9 Å². The number of carbonyl (C=O) groups is 1. The molecule has 0 atom stereocenters. The summed E-state index contributed by atoms with van der Waals surface area (Å²) >= 11 is 0. The van der Waals surface area contributed by atoms with Crippen molar-refractivity contribution in [1.29, 1.82) is 5.26 Å². The summed E-state index contributed by atoms with van der Waals surface area (Å²) in [6, 6.07) is 5.28. The zero-order valence-electron chi connectivity index (χ0n) is 11.2. The summed E-state index contributed by atoms with van der Waals surface area (Å²) in [6.07, 6.45) is 0.274. The molecule has 1 amide bonds. The van der Waals surface area contributed by atoms with Gasteiger partial charge in [-0.05, 0) is 31.9 Å². The minimum Gasteiger partial charge on any atom is -0.344 e. The lowest BCUT2D eigenvalue weighted by molar-refractivity contribution is -0.136. The number of benzene rings is 1. The largest absolute Gasteiger partial charge is 0.344 e. The number of hydrogen-bond acceptors (Lipinski definition) is 2. The SMILES string of the molecule is CN(CCc1ccc(F)cc1F)C(=O)C(C)(C)C#N. The van der Waals surface area contributed by atoms with E-state index in [4.69, 9.17) is 5.26 Å². The van der Waals surface area contributed by atoms with Crippen LogP contribution in [0.2, 0.25) is 0 Å². The van der Waals surface area contributed by atoms with Gasteiger partial charge in [-0.1, -0.05) is 6.07 Å². The summed E-state index contributed by atoms with van der Waals surface area (Å²) < 4.78 is 26.1. The van der Waals surface area contributed by atoms with E-state index in [1.54, 1.807) is 7.05 Å². The molecule has 0 saturated carbocycles. The first-order chi connectivity index (χ1) is 8.77. The number of nitrogens with zero attached hydrogens (tertiary/aromatic N) is 2. The standard InChI is InChI=1S/C14H16F2N2O/c1-14(2,9-17)13(19)18(3)7-6-10-4-5-11(15)8-12(10)16/h4-5,8H,6-7H2,1-3H3. The zero-order chi connectivity index (χ0) is 14.6. The molecule has 0 fully saturated rings. The van der Waals surface area contributed by atoms with Crippen LogP contribution in [0.4, 0.5) is 8.78 Å². The third-order valence-corrected chi connectivity index (χ3v) is 2.89. The van der Waals surface area contributed by atoms with Crippen LogP contribution in [0.5, 0.6) is 0 Å². The van der Waals surface area contributed by atoms with Gasteiger partial charge in [-0.15, -0.1) is 0 Å². The first-order valence-electron chi connectivity index (χ1n) is 5.88. The quantitative estimate of drug-likeness (QED) is 0.840. The molecule has 19 heavy (non-hydrogen) atoms. The van der Waals surface area contributed by atoms with Crippen LogP contribution in [0.25, 0.3) is 0 Å². The Morgan fingerprint density at radius 2 is 2.05 bits per heavy atom. The Bertz CT molecular complexity index is 521. The minimum atomic E-state index is -1.10. The molecule has 3 nitrogen and oxygen atoms in total. The summed E-state index contributed by atoms with van der Waals surface area (Å²) in [4.78, 5) is 13.3. The van der Waals surface area contributed by atoms with Crippen molar-refractivity contribution in [3.63, 3.8) is 0 Å². The third-order valence-electron chi connectivity index (χ3n) is 2.89. The first kappa shape index (κ1) is 15.1. The van der Waals surface area contributed by atoms with Gasteiger partial charge in [0.1, 0.15) is 17.0 Å². The highest BCUT2D eigenvalue weighted by atomic mass is 19.1. The molecule has 0 bridgehead atoms. The maximum absolute atomic E-state index is 13.4. The molecule has 0 heterocycles. The molecule has 0 aliphatic carbocycles. The van der Waals surface area contributed by atoms with Gasteiger partial charge in [-0.25, -0.2) is 8.78 Å². The fourth-order valence-corrected chi connectivity index (χ4v) is 1.64. The number of amides is 1. The van der Waals surface area contributed by atoms with Crippen molar-refractivity contribution in [3.8, 4) is 6.07 Å². The average molecular weight is 266 g/mol. The normalized spacial score (nSPS) is 10.9. The maximum Gasteiger partial charge on any atom is 0.242 e. The van der Waals surface area contributed by atoms with Crippen molar-refractivity contribution >= 4 is 5.91 Å². The van der Waals surface area contributed by atoms with E-state index in [-0.39, 0.29) is 18.9 Å². The van der Waals surface area contributed by atoms with Crippen molar-refractivity contribution in [2.24, 2.45) is 5.41 Å². The Kier molecular flexibility index (Phi) is 4.60. The highest BCUT2D eigenvalue weighted by Gasteiger charge is 2.30. The summed E-state index contributed by atoms with van der Waals surface area (Å²) in [6.45, 7) is 3.33. The Morgan fingerprint density at radius 3 is 2.58 bits per heavy atom. The molecule has 0 N–H and O–H groups in total. The molecule has 0 aliphatic rings. The van der Waals surface area contributed by atoms with E-state index >= 15 is 0 Å². The molecule has 1 aromatic carbocycles. The molecule has 0 aliphatic heterocycles. The Morgan fingerprint density at radius 1 is 1.42 bits per heavy atom. The van der Waals surface area contributed by atoms with Crippen LogP contribution >= 0.6 is 0 Å². The number of halogens is 2. The third kappa shape index (κ3) is 3.75. The van der Waals surface area contributed by atoms with Crippen LogP contribution in [-0.4, -0.2) is 24.4 Å². The van der Waals surface area contributed by atoms with Crippen LogP contribution in [0, 0.1) is 28.4 Å². The van der Waals surface area contributed by atoms with Crippen LogP contribution in [-0.2, 0) is 11.2 Å². The number of likely N-dealkylation sites (N-methyl/N-ethyl adjacent to an activating group) is 1. The van der Waals surface area contributed by atoms with E-state index in [1.807, 2.05) is 6.07 Å². The zero-order valence-corrected chi connectivity index (χ0v) is 11.2. The molecule has 0 aromatic heterocycles. The molecule has 1 rings (SSSR count).